The van der Waals surface area contributed by atoms with Crippen LogP contribution in [-0.4, -0.2) is 11.9 Å². The van der Waals surface area contributed by atoms with E-state index in [0.29, 0.717) is 5.37 Å². The number of hydrogen-bond donors (Lipinski definition) is 2. The van der Waals surface area contributed by atoms with Crippen LogP contribution >= 0.6 is 11.8 Å². The summed E-state index contributed by atoms with van der Waals surface area (Å²) in [5.74, 6) is 0. The first-order valence-electron chi connectivity index (χ1n) is 5.04. The van der Waals surface area contributed by atoms with Gasteiger partial charge in [-0.05, 0) is 30.2 Å². The van der Waals surface area contributed by atoms with Crippen molar-refractivity contribution in [3.8, 4) is 0 Å². The Bertz CT molecular complexity index is 266. The number of hydrogen-bond acceptors (Lipinski definition) is 3. The minimum atomic E-state index is 0.447. The molecule has 2 heterocycles. The molecule has 2 aliphatic rings. The van der Waals surface area contributed by atoms with Crippen molar-refractivity contribution < 1.29 is 0 Å². The third kappa shape index (κ3) is 2.84. The summed E-state index contributed by atoms with van der Waals surface area (Å²) in [5.41, 5.74) is 2.68. The predicted octanol–water partition coefficient (Wildman–Crippen LogP) is 2.58. The van der Waals surface area contributed by atoms with Crippen LogP contribution in [0.15, 0.2) is 35.0 Å². The molecule has 0 saturated carbocycles. The van der Waals surface area contributed by atoms with Gasteiger partial charge in [-0.2, -0.15) is 0 Å². The van der Waals surface area contributed by atoms with E-state index in [0.717, 1.165) is 6.54 Å². The highest BCUT2D eigenvalue weighted by Gasteiger charge is 2.18. The van der Waals surface area contributed by atoms with Gasteiger partial charge < -0.3 is 10.6 Å². The van der Waals surface area contributed by atoms with Crippen LogP contribution in [0.4, 0.5) is 0 Å². The SMILES string of the molecule is CC.CC1=CSC(C2=CC=CNC2)N1. The van der Waals surface area contributed by atoms with Gasteiger partial charge in [0.25, 0.3) is 0 Å². The molecule has 0 fully saturated rings. The highest BCUT2D eigenvalue weighted by molar-refractivity contribution is 8.03. The van der Waals surface area contributed by atoms with Crippen LogP contribution in [0, 0.1) is 0 Å². The third-order valence-corrected chi connectivity index (χ3v) is 3.09. The zero-order chi connectivity index (χ0) is 10.4. The Morgan fingerprint density at radius 3 is 2.71 bits per heavy atom. The highest BCUT2D eigenvalue weighted by Crippen LogP contribution is 2.26. The van der Waals surface area contributed by atoms with Gasteiger partial charge in [0.05, 0.1) is 5.37 Å². The van der Waals surface area contributed by atoms with Gasteiger partial charge in [-0.3, -0.25) is 0 Å². The molecule has 1 unspecified atom stereocenters. The molecule has 0 spiro atoms. The molecule has 2 aliphatic heterocycles. The molecule has 3 heteroatoms. The fourth-order valence-corrected chi connectivity index (χ4v) is 2.28. The van der Waals surface area contributed by atoms with E-state index in [1.54, 1.807) is 0 Å². The van der Waals surface area contributed by atoms with Crippen molar-refractivity contribution in [2.24, 2.45) is 0 Å². The first-order chi connectivity index (χ1) is 6.86. The lowest BCUT2D eigenvalue weighted by Crippen LogP contribution is -2.28. The molecule has 0 saturated heterocycles. The molecule has 1 atom stereocenters. The Balaban J connectivity index is 0.000000461. The first-order valence-corrected chi connectivity index (χ1v) is 5.98. The van der Waals surface area contributed by atoms with Gasteiger partial charge in [0.15, 0.2) is 0 Å². The summed E-state index contributed by atoms with van der Waals surface area (Å²) in [7, 11) is 0. The van der Waals surface area contributed by atoms with E-state index >= 15 is 0 Å². The minimum absolute atomic E-state index is 0.447. The van der Waals surface area contributed by atoms with Gasteiger partial charge in [-0.15, -0.1) is 11.8 Å². The van der Waals surface area contributed by atoms with Gasteiger partial charge in [0.1, 0.15) is 0 Å². The fourth-order valence-electron chi connectivity index (χ4n) is 1.28. The normalized spacial score (nSPS) is 23.8. The molecule has 0 aromatic heterocycles. The molecule has 0 bridgehead atoms. The number of thioether (sulfide) groups is 1. The smallest absolute Gasteiger partial charge is 0.0998 e. The second-order valence-electron chi connectivity index (χ2n) is 2.94. The maximum atomic E-state index is 3.41. The summed E-state index contributed by atoms with van der Waals surface area (Å²) in [6.07, 6.45) is 6.20. The summed E-state index contributed by atoms with van der Waals surface area (Å²) < 4.78 is 0. The van der Waals surface area contributed by atoms with Crippen molar-refractivity contribution in [3.63, 3.8) is 0 Å². The van der Waals surface area contributed by atoms with Crippen LogP contribution in [0.3, 0.4) is 0 Å². The van der Waals surface area contributed by atoms with E-state index in [-0.39, 0.29) is 0 Å². The summed E-state index contributed by atoms with van der Waals surface area (Å²) in [6, 6.07) is 0. The average molecular weight is 210 g/mol. The monoisotopic (exact) mass is 210 g/mol. The van der Waals surface area contributed by atoms with Crippen LogP contribution in [-0.2, 0) is 0 Å². The van der Waals surface area contributed by atoms with E-state index in [9.17, 15) is 0 Å². The molecule has 0 aliphatic carbocycles. The number of rotatable bonds is 1. The maximum absolute atomic E-state index is 3.41. The van der Waals surface area contributed by atoms with Crippen molar-refractivity contribution >= 4 is 11.8 Å². The molecule has 0 radical (unpaired) electrons. The summed E-state index contributed by atoms with van der Waals surface area (Å²) in [6.45, 7) is 7.06. The summed E-state index contributed by atoms with van der Waals surface area (Å²) >= 11 is 1.84. The standard InChI is InChI=1S/C9H12N2S.C2H6/c1-7-6-12-9(11-7)8-3-2-4-10-5-8;1-2/h2-4,6,9-11H,5H2,1H3;1-2H3. The lowest BCUT2D eigenvalue weighted by Gasteiger charge is -2.17. The lowest BCUT2D eigenvalue weighted by molar-refractivity contribution is 0.782. The van der Waals surface area contributed by atoms with Gasteiger partial charge in [-0.1, -0.05) is 19.9 Å². The molecule has 78 valence electrons. The first kappa shape index (κ1) is 11.2. The van der Waals surface area contributed by atoms with Crippen molar-refractivity contribution in [2.75, 3.05) is 6.54 Å². The van der Waals surface area contributed by atoms with Crippen molar-refractivity contribution in [2.45, 2.75) is 26.1 Å². The van der Waals surface area contributed by atoms with Crippen LogP contribution < -0.4 is 10.6 Å². The Kier molecular flexibility index (Phi) is 4.66. The fraction of sp³-hybridized carbons (Fsp3) is 0.455. The molecule has 0 aromatic carbocycles. The molecule has 0 aromatic rings. The second kappa shape index (κ2) is 5.81. The zero-order valence-corrected chi connectivity index (χ0v) is 9.82. The number of allylic oxidation sites excluding steroid dienone is 3. The zero-order valence-electron chi connectivity index (χ0n) is 9.00. The highest BCUT2D eigenvalue weighted by atomic mass is 32.2. The van der Waals surface area contributed by atoms with E-state index in [1.807, 2.05) is 31.8 Å². The summed E-state index contributed by atoms with van der Waals surface area (Å²) in [4.78, 5) is 0. The minimum Gasteiger partial charge on any atom is -0.387 e. The Morgan fingerprint density at radius 1 is 1.43 bits per heavy atom. The Hall–Kier alpha value is -0.830. The molecule has 2 N–H and O–H groups in total. The van der Waals surface area contributed by atoms with Gasteiger partial charge in [0, 0.05) is 12.2 Å². The van der Waals surface area contributed by atoms with Crippen LogP contribution in [0.1, 0.15) is 20.8 Å². The van der Waals surface area contributed by atoms with E-state index in [2.05, 4.69) is 35.1 Å². The molecular weight excluding hydrogens is 192 g/mol. The third-order valence-electron chi connectivity index (χ3n) is 1.91. The molecular formula is C11H18N2S. The van der Waals surface area contributed by atoms with Crippen LogP contribution in [0.2, 0.25) is 0 Å². The predicted molar refractivity (Wildman–Crippen MR) is 64.8 cm³/mol. The van der Waals surface area contributed by atoms with E-state index in [4.69, 9.17) is 0 Å². The largest absolute Gasteiger partial charge is 0.387 e. The Labute approximate surface area is 90.5 Å². The summed E-state index contributed by atoms with van der Waals surface area (Å²) in [5, 5.41) is 9.22. The van der Waals surface area contributed by atoms with Crippen molar-refractivity contribution in [1.82, 2.24) is 10.6 Å². The van der Waals surface area contributed by atoms with Crippen molar-refractivity contribution in [1.29, 1.82) is 0 Å². The van der Waals surface area contributed by atoms with Gasteiger partial charge in [0.2, 0.25) is 0 Å². The van der Waals surface area contributed by atoms with Gasteiger partial charge in [-0.25, -0.2) is 0 Å². The Morgan fingerprint density at radius 2 is 2.21 bits per heavy atom. The number of dihydropyridines is 1. The van der Waals surface area contributed by atoms with Crippen LogP contribution in [0.5, 0.6) is 0 Å². The maximum Gasteiger partial charge on any atom is 0.0998 e. The van der Waals surface area contributed by atoms with Crippen molar-refractivity contribution in [3.05, 3.63) is 35.0 Å². The van der Waals surface area contributed by atoms with Crippen LogP contribution in [0.25, 0.3) is 0 Å². The topological polar surface area (TPSA) is 24.1 Å². The average Bonchev–Trinajstić information content (AvgIpc) is 2.69. The number of nitrogens with one attached hydrogen (secondary N) is 2. The molecule has 2 nitrogen and oxygen atoms in total. The quantitative estimate of drug-likeness (QED) is 0.695. The lowest BCUT2D eigenvalue weighted by atomic mass is 10.2. The van der Waals surface area contributed by atoms with E-state index in [1.165, 1.54) is 11.3 Å². The molecule has 14 heavy (non-hydrogen) atoms. The molecule has 0 amide bonds. The molecule has 2 rings (SSSR count). The second-order valence-corrected chi connectivity index (χ2v) is 3.92. The van der Waals surface area contributed by atoms with Gasteiger partial charge >= 0.3 is 0 Å². The van der Waals surface area contributed by atoms with E-state index < -0.39 is 0 Å².